The van der Waals surface area contributed by atoms with Gasteiger partial charge in [0.2, 0.25) is 0 Å². The highest BCUT2D eigenvalue weighted by atomic mass is 32.2. The molecule has 0 aromatic heterocycles. The zero-order valence-electron chi connectivity index (χ0n) is 13.2. The summed E-state index contributed by atoms with van der Waals surface area (Å²) in [6.45, 7) is 12.0. The zero-order chi connectivity index (χ0) is 14.2. The van der Waals surface area contributed by atoms with Gasteiger partial charge in [0.05, 0.1) is 0 Å². The zero-order valence-corrected chi connectivity index (χ0v) is 14.1. The molecule has 3 nitrogen and oxygen atoms in total. The standard InChI is InChI=1S/C16H31N3S/c1-15(2)5-10-20-13-16(15,12-17)19-8-6-18(7-9-19)11-14-3-4-14/h14H,3-13,17H2,1-2H3. The SMILES string of the molecule is CC1(C)CCSCC1(CN)N1CCN(CC2CC2)CC1. The second kappa shape index (κ2) is 5.79. The molecule has 20 heavy (non-hydrogen) atoms. The third kappa shape index (κ3) is 2.77. The number of rotatable bonds is 4. The molecule has 116 valence electrons. The lowest BCUT2D eigenvalue weighted by atomic mass is 9.69. The fourth-order valence-electron chi connectivity index (χ4n) is 4.00. The van der Waals surface area contributed by atoms with Crippen LogP contribution in [-0.2, 0) is 0 Å². The fraction of sp³-hybridized carbons (Fsp3) is 1.00. The maximum atomic E-state index is 6.30. The van der Waals surface area contributed by atoms with Crippen LogP contribution >= 0.6 is 11.8 Å². The smallest absolute Gasteiger partial charge is 0.0474 e. The molecule has 4 heteroatoms. The number of hydrogen-bond acceptors (Lipinski definition) is 4. The average Bonchev–Trinajstić information content (AvgIpc) is 3.24. The van der Waals surface area contributed by atoms with Crippen LogP contribution in [0.25, 0.3) is 0 Å². The summed E-state index contributed by atoms with van der Waals surface area (Å²) < 4.78 is 0. The Hall–Kier alpha value is 0.230. The summed E-state index contributed by atoms with van der Waals surface area (Å²) in [5.74, 6) is 3.54. The summed E-state index contributed by atoms with van der Waals surface area (Å²) in [7, 11) is 0. The molecule has 0 radical (unpaired) electrons. The Labute approximate surface area is 128 Å². The van der Waals surface area contributed by atoms with E-state index in [0.29, 0.717) is 5.41 Å². The highest BCUT2D eigenvalue weighted by molar-refractivity contribution is 7.99. The molecule has 1 atom stereocenters. The summed E-state index contributed by atoms with van der Waals surface area (Å²) >= 11 is 2.11. The van der Waals surface area contributed by atoms with Crippen molar-refractivity contribution in [2.24, 2.45) is 17.1 Å². The molecule has 0 aromatic carbocycles. The lowest BCUT2D eigenvalue weighted by molar-refractivity contribution is -0.0284. The normalized spacial score (nSPS) is 36.1. The van der Waals surface area contributed by atoms with Crippen molar-refractivity contribution in [2.45, 2.75) is 38.6 Å². The van der Waals surface area contributed by atoms with Crippen LogP contribution in [0.3, 0.4) is 0 Å². The second-order valence-electron chi connectivity index (χ2n) is 7.65. The summed E-state index contributed by atoms with van der Waals surface area (Å²) in [5.41, 5.74) is 6.88. The lowest BCUT2D eigenvalue weighted by Gasteiger charge is -2.57. The summed E-state index contributed by atoms with van der Waals surface area (Å²) in [6, 6.07) is 0. The summed E-state index contributed by atoms with van der Waals surface area (Å²) in [6.07, 6.45) is 4.24. The van der Waals surface area contributed by atoms with Crippen LogP contribution in [0.4, 0.5) is 0 Å². The van der Waals surface area contributed by atoms with Gasteiger partial charge in [0.1, 0.15) is 0 Å². The Morgan fingerprint density at radius 1 is 1.15 bits per heavy atom. The number of hydrogen-bond donors (Lipinski definition) is 1. The third-order valence-electron chi connectivity index (χ3n) is 6.00. The largest absolute Gasteiger partial charge is 0.329 e. The first-order chi connectivity index (χ1) is 9.57. The van der Waals surface area contributed by atoms with Crippen LogP contribution in [0.5, 0.6) is 0 Å². The topological polar surface area (TPSA) is 32.5 Å². The molecule has 1 saturated carbocycles. The van der Waals surface area contributed by atoms with E-state index in [1.807, 2.05) is 0 Å². The van der Waals surface area contributed by atoms with Gasteiger partial charge in [0, 0.05) is 50.6 Å². The summed E-state index contributed by atoms with van der Waals surface area (Å²) in [4.78, 5) is 5.42. The van der Waals surface area contributed by atoms with E-state index < -0.39 is 0 Å². The highest BCUT2D eigenvalue weighted by Crippen LogP contribution is 2.45. The van der Waals surface area contributed by atoms with Crippen molar-refractivity contribution in [3.05, 3.63) is 0 Å². The van der Waals surface area contributed by atoms with Gasteiger partial charge >= 0.3 is 0 Å². The molecule has 0 spiro atoms. The molecule has 3 aliphatic rings. The van der Waals surface area contributed by atoms with E-state index >= 15 is 0 Å². The molecule has 2 aliphatic heterocycles. The minimum atomic E-state index is 0.224. The molecule has 0 aromatic rings. The molecule has 0 amide bonds. The van der Waals surface area contributed by atoms with Crippen molar-refractivity contribution in [1.82, 2.24) is 9.80 Å². The quantitative estimate of drug-likeness (QED) is 0.859. The molecule has 3 rings (SSSR count). The summed E-state index contributed by atoms with van der Waals surface area (Å²) in [5, 5.41) is 0. The Bertz CT molecular complexity index is 335. The molecular formula is C16H31N3S. The Kier molecular flexibility index (Phi) is 4.38. The first-order valence-electron chi connectivity index (χ1n) is 8.33. The van der Waals surface area contributed by atoms with Gasteiger partial charge < -0.3 is 10.6 Å². The Balaban J connectivity index is 1.64. The van der Waals surface area contributed by atoms with Gasteiger partial charge in [-0.1, -0.05) is 13.8 Å². The van der Waals surface area contributed by atoms with Crippen molar-refractivity contribution in [3.8, 4) is 0 Å². The lowest BCUT2D eigenvalue weighted by Crippen LogP contribution is -2.69. The first kappa shape index (κ1) is 15.1. The third-order valence-corrected chi connectivity index (χ3v) is 7.18. The molecule has 1 unspecified atom stereocenters. The van der Waals surface area contributed by atoms with E-state index in [2.05, 4.69) is 35.4 Å². The first-order valence-corrected chi connectivity index (χ1v) is 9.48. The molecule has 2 saturated heterocycles. The predicted octanol–water partition coefficient (Wildman–Crippen LogP) is 1.87. The number of piperazine rings is 1. The number of nitrogens with zero attached hydrogens (tertiary/aromatic N) is 2. The van der Waals surface area contributed by atoms with Gasteiger partial charge in [-0.25, -0.2) is 0 Å². The van der Waals surface area contributed by atoms with Gasteiger partial charge in [-0.2, -0.15) is 11.8 Å². The van der Waals surface area contributed by atoms with E-state index in [1.165, 1.54) is 63.5 Å². The fourth-order valence-corrected chi connectivity index (χ4v) is 5.83. The van der Waals surface area contributed by atoms with Crippen LogP contribution in [0.15, 0.2) is 0 Å². The van der Waals surface area contributed by atoms with E-state index in [1.54, 1.807) is 0 Å². The van der Waals surface area contributed by atoms with E-state index in [4.69, 9.17) is 5.73 Å². The van der Waals surface area contributed by atoms with E-state index in [9.17, 15) is 0 Å². The monoisotopic (exact) mass is 297 g/mol. The molecular weight excluding hydrogens is 266 g/mol. The maximum absolute atomic E-state index is 6.30. The van der Waals surface area contributed by atoms with Crippen molar-refractivity contribution in [1.29, 1.82) is 0 Å². The van der Waals surface area contributed by atoms with Crippen LogP contribution < -0.4 is 5.73 Å². The molecule has 2 N–H and O–H groups in total. The van der Waals surface area contributed by atoms with Crippen LogP contribution in [0.1, 0.15) is 33.1 Å². The number of nitrogens with two attached hydrogens (primary N) is 1. The molecule has 1 aliphatic carbocycles. The Morgan fingerprint density at radius 2 is 1.85 bits per heavy atom. The van der Waals surface area contributed by atoms with Gasteiger partial charge in [-0.15, -0.1) is 0 Å². The van der Waals surface area contributed by atoms with Gasteiger partial charge in [0.25, 0.3) is 0 Å². The average molecular weight is 298 g/mol. The van der Waals surface area contributed by atoms with Gasteiger partial charge in [0.15, 0.2) is 0 Å². The van der Waals surface area contributed by atoms with Crippen molar-refractivity contribution >= 4 is 11.8 Å². The van der Waals surface area contributed by atoms with E-state index in [-0.39, 0.29) is 5.54 Å². The molecule has 2 heterocycles. The van der Waals surface area contributed by atoms with Crippen LogP contribution in [-0.4, -0.2) is 66.1 Å². The van der Waals surface area contributed by atoms with Crippen molar-refractivity contribution in [2.75, 3.05) is 50.8 Å². The predicted molar refractivity (Wildman–Crippen MR) is 88.2 cm³/mol. The Morgan fingerprint density at radius 3 is 2.40 bits per heavy atom. The minimum absolute atomic E-state index is 0.224. The maximum Gasteiger partial charge on any atom is 0.0474 e. The van der Waals surface area contributed by atoms with Crippen LogP contribution in [0.2, 0.25) is 0 Å². The molecule has 3 fully saturated rings. The van der Waals surface area contributed by atoms with Crippen molar-refractivity contribution < 1.29 is 0 Å². The van der Waals surface area contributed by atoms with Gasteiger partial charge in [-0.05, 0) is 36.3 Å². The van der Waals surface area contributed by atoms with Gasteiger partial charge in [-0.3, -0.25) is 4.90 Å². The van der Waals surface area contributed by atoms with Crippen LogP contribution in [0, 0.1) is 11.3 Å². The minimum Gasteiger partial charge on any atom is -0.329 e. The van der Waals surface area contributed by atoms with E-state index in [0.717, 1.165) is 12.5 Å². The van der Waals surface area contributed by atoms with Crippen molar-refractivity contribution in [3.63, 3.8) is 0 Å². The molecule has 0 bridgehead atoms. The highest BCUT2D eigenvalue weighted by Gasteiger charge is 2.50. The number of thioether (sulfide) groups is 1. The second-order valence-corrected chi connectivity index (χ2v) is 8.76.